The first-order valence-corrected chi connectivity index (χ1v) is 14.1. The van der Waals surface area contributed by atoms with Crippen molar-refractivity contribution in [2.45, 2.75) is 0 Å². The van der Waals surface area contributed by atoms with E-state index in [0.717, 1.165) is 55.7 Å². The molecule has 9 aromatic rings. The van der Waals surface area contributed by atoms with Crippen LogP contribution in [0.25, 0.3) is 88.0 Å². The normalized spacial score (nSPS) is 11.8. The van der Waals surface area contributed by atoms with E-state index in [1.165, 1.54) is 32.3 Å². The lowest BCUT2D eigenvalue weighted by atomic mass is 9.91. The highest BCUT2D eigenvalue weighted by atomic mass is 14.8. The summed E-state index contributed by atoms with van der Waals surface area (Å²) < 4.78 is 0. The Morgan fingerprint density at radius 3 is 1.67 bits per heavy atom. The Kier molecular flexibility index (Phi) is 4.87. The van der Waals surface area contributed by atoms with E-state index in [1.54, 1.807) is 6.20 Å². The zero-order chi connectivity index (χ0) is 27.6. The van der Waals surface area contributed by atoms with Gasteiger partial charge in [0.05, 0.1) is 40.5 Å². The Hall–Kier alpha value is -5.74. The minimum absolute atomic E-state index is 0.733. The average Bonchev–Trinajstić information content (AvgIpc) is 3.07. The van der Waals surface area contributed by atoms with Gasteiger partial charge in [0.15, 0.2) is 0 Å². The van der Waals surface area contributed by atoms with Crippen molar-refractivity contribution in [2.24, 2.45) is 0 Å². The van der Waals surface area contributed by atoms with Crippen molar-refractivity contribution in [2.75, 3.05) is 0 Å². The Morgan fingerprint density at radius 1 is 0.357 bits per heavy atom. The van der Waals surface area contributed by atoms with Gasteiger partial charge in [0.2, 0.25) is 0 Å². The van der Waals surface area contributed by atoms with Crippen LogP contribution < -0.4 is 0 Å². The summed E-state index contributed by atoms with van der Waals surface area (Å²) >= 11 is 0. The van der Waals surface area contributed by atoms with Crippen molar-refractivity contribution < 1.29 is 0 Å². The maximum atomic E-state index is 5.25. The van der Waals surface area contributed by atoms with Gasteiger partial charge in [-0.15, -0.1) is 0 Å². The molecule has 6 aromatic carbocycles. The van der Waals surface area contributed by atoms with Crippen molar-refractivity contribution in [1.29, 1.82) is 0 Å². The molecule has 0 amide bonds. The first-order chi connectivity index (χ1) is 20.8. The predicted octanol–water partition coefficient (Wildman–Crippen LogP) is 9.47. The number of rotatable bonds is 3. The molecule has 0 bridgehead atoms. The molecule has 0 N–H and O–H groups in total. The topological polar surface area (TPSA) is 51.6 Å². The van der Waals surface area contributed by atoms with Crippen LogP contribution in [0.1, 0.15) is 0 Å². The summed E-state index contributed by atoms with van der Waals surface area (Å²) in [5, 5.41) is 9.68. The zero-order valence-electron chi connectivity index (χ0n) is 22.5. The summed E-state index contributed by atoms with van der Waals surface area (Å²) in [6.07, 6.45) is 3.61. The van der Waals surface area contributed by atoms with Crippen LogP contribution in [0.3, 0.4) is 0 Å². The second kappa shape index (κ2) is 8.88. The number of hydrogen-bond acceptors (Lipinski definition) is 4. The van der Waals surface area contributed by atoms with E-state index in [0.29, 0.717) is 0 Å². The monoisotopic (exact) mass is 534 g/mol. The van der Waals surface area contributed by atoms with Crippen molar-refractivity contribution in [3.63, 3.8) is 0 Å². The van der Waals surface area contributed by atoms with E-state index in [1.807, 2.05) is 42.6 Å². The van der Waals surface area contributed by atoms with Crippen LogP contribution in [0.5, 0.6) is 0 Å². The van der Waals surface area contributed by atoms with Crippen molar-refractivity contribution >= 4 is 54.1 Å². The Morgan fingerprint density at radius 2 is 0.929 bits per heavy atom. The minimum atomic E-state index is 0.733. The molecule has 3 aromatic heterocycles. The number of fused-ring (bicyclic) bond motifs is 3. The second-order valence-corrected chi connectivity index (χ2v) is 10.7. The van der Waals surface area contributed by atoms with Gasteiger partial charge in [-0.25, -0.2) is 9.97 Å². The summed E-state index contributed by atoms with van der Waals surface area (Å²) in [4.78, 5) is 19.7. The van der Waals surface area contributed by atoms with Gasteiger partial charge in [-0.1, -0.05) is 109 Å². The highest BCUT2D eigenvalue weighted by Crippen LogP contribution is 2.39. The fourth-order valence-electron chi connectivity index (χ4n) is 6.24. The highest BCUT2D eigenvalue weighted by molar-refractivity contribution is 6.25. The highest BCUT2D eigenvalue weighted by Gasteiger charge is 2.14. The summed E-state index contributed by atoms with van der Waals surface area (Å²) in [7, 11) is 0. The summed E-state index contributed by atoms with van der Waals surface area (Å²) in [5.74, 6) is 0. The van der Waals surface area contributed by atoms with Crippen molar-refractivity contribution in [1.82, 2.24) is 19.9 Å². The Labute approximate surface area is 241 Å². The number of hydrogen-bond donors (Lipinski definition) is 0. The standard InChI is InChI=1S/C38H22N4/c1-2-5-23(6-3-1)33-21-40-34(22-39-33)32-20-16-28-12-11-27-15-19-31(41-37(27)38(28)42-32)29-17-13-26-10-9-24-7-4-8-25-14-18-30(29)36(26)35(24)25/h1-22H. The molecular formula is C38H22N4. The number of benzene rings is 6. The minimum Gasteiger partial charge on any atom is -0.252 e. The molecule has 0 aliphatic carbocycles. The molecule has 0 aliphatic heterocycles. The lowest BCUT2D eigenvalue weighted by Gasteiger charge is -2.14. The van der Waals surface area contributed by atoms with E-state index >= 15 is 0 Å². The maximum Gasteiger partial charge on any atom is 0.107 e. The lowest BCUT2D eigenvalue weighted by Crippen LogP contribution is -1.94. The Balaban J connectivity index is 1.21. The van der Waals surface area contributed by atoms with Gasteiger partial charge in [-0.2, -0.15) is 0 Å². The smallest absolute Gasteiger partial charge is 0.107 e. The van der Waals surface area contributed by atoms with E-state index in [4.69, 9.17) is 15.0 Å². The van der Waals surface area contributed by atoms with Gasteiger partial charge in [-0.3, -0.25) is 9.97 Å². The largest absolute Gasteiger partial charge is 0.252 e. The van der Waals surface area contributed by atoms with E-state index < -0.39 is 0 Å². The fourth-order valence-corrected chi connectivity index (χ4v) is 6.24. The molecule has 3 heterocycles. The first-order valence-electron chi connectivity index (χ1n) is 14.1. The summed E-state index contributed by atoms with van der Waals surface area (Å²) in [6.45, 7) is 0. The van der Waals surface area contributed by atoms with Gasteiger partial charge in [-0.05, 0) is 44.5 Å². The molecule has 42 heavy (non-hydrogen) atoms. The second-order valence-electron chi connectivity index (χ2n) is 10.7. The van der Waals surface area contributed by atoms with Gasteiger partial charge in [0, 0.05) is 21.9 Å². The number of nitrogens with zero attached hydrogens (tertiary/aromatic N) is 4. The lowest BCUT2D eigenvalue weighted by molar-refractivity contribution is 1.19. The van der Waals surface area contributed by atoms with Gasteiger partial charge < -0.3 is 0 Å². The predicted molar refractivity (Wildman–Crippen MR) is 173 cm³/mol. The third-order valence-corrected chi connectivity index (χ3v) is 8.31. The Bertz CT molecular complexity index is 2430. The third kappa shape index (κ3) is 3.49. The first kappa shape index (κ1) is 23.0. The summed E-state index contributed by atoms with van der Waals surface area (Å²) in [6, 6.07) is 42.5. The van der Waals surface area contributed by atoms with Gasteiger partial charge in [0.1, 0.15) is 5.69 Å². The SMILES string of the molecule is c1ccc(-c2cnc(-c3ccc4ccc5ccc(-c6ccc7ccc8cccc9ccc6c7c89)nc5c4n3)cn2)cc1. The molecule has 0 unspecified atom stereocenters. The van der Waals surface area contributed by atoms with Crippen LogP contribution >= 0.6 is 0 Å². The zero-order valence-corrected chi connectivity index (χ0v) is 22.5. The molecule has 0 spiro atoms. The van der Waals surface area contributed by atoms with E-state index in [-0.39, 0.29) is 0 Å². The van der Waals surface area contributed by atoms with Crippen LogP contribution in [-0.2, 0) is 0 Å². The van der Waals surface area contributed by atoms with Crippen molar-refractivity contribution in [3.8, 4) is 33.9 Å². The molecule has 194 valence electrons. The van der Waals surface area contributed by atoms with Crippen LogP contribution in [-0.4, -0.2) is 19.9 Å². The molecule has 0 saturated heterocycles. The number of pyridine rings is 2. The summed E-state index contributed by atoms with van der Waals surface area (Å²) in [5.41, 5.74) is 7.19. The van der Waals surface area contributed by atoms with E-state index in [9.17, 15) is 0 Å². The van der Waals surface area contributed by atoms with Crippen LogP contribution in [0, 0.1) is 0 Å². The molecule has 0 aliphatic rings. The van der Waals surface area contributed by atoms with Crippen LogP contribution in [0.4, 0.5) is 0 Å². The van der Waals surface area contributed by atoms with Gasteiger partial charge in [0.25, 0.3) is 0 Å². The van der Waals surface area contributed by atoms with Crippen molar-refractivity contribution in [3.05, 3.63) is 134 Å². The molecule has 0 atom stereocenters. The molecular weight excluding hydrogens is 512 g/mol. The maximum absolute atomic E-state index is 5.25. The third-order valence-electron chi connectivity index (χ3n) is 8.31. The quantitative estimate of drug-likeness (QED) is 0.212. The molecule has 0 radical (unpaired) electrons. The molecule has 0 fully saturated rings. The number of aromatic nitrogens is 4. The molecule has 4 heteroatoms. The van der Waals surface area contributed by atoms with Crippen LogP contribution in [0.2, 0.25) is 0 Å². The fraction of sp³-hybridized carbons (Fsp3) is 0. The van der Waals surface area contributed by atoms with Crippen LogP contribution in [0.15, 0.2) is 134 Å². The molecule has 0 saturated carbocycles. The van der Waals surface area contributed by atoms with Gasteiger partial charge >= 0.3 is 0 Å². The average molecular weight is 535 g/mol. The van der Waals surface area contributed by atoms with E-state index in [2.05, 4.69) is 89.9 Å². The molecule has 9 rings (SSSR count). The molecule has 4 nitrogen and oxygen atoms in total.